The summed E-state index contributed by atoms with van der Waals surface area (Å²) in [6.07, 6.45) is 3.67. The first-order chi connectivity index (χ1) is 10.1. The van der Waals surface area contributed by atoms with E-state index >= 15 is 0 Å². The van der Waals surface area contributed by atoms with Gasteiger partial charge in [0.05, 0.1) is 16.3 Å². The largest absolute Gasteiger partial charge is 0.310 e. The molecule has 2 aromatic heterocycles. The van der Waals surface area contributed by atoms with Crippen molar-refractivity contribution < 1.29 is 4.79 Å². The number of pyridine rings is 1. The van der Waals surface area contributed by atoms with Crippen LogP contribution in [0.1, 0.15) is 25.8 Å². The number of halogens is 1. The van der Waals surface area contributed by atoms with E-state index in [4.69, 9.17) is 11.6 Å². The SMILES string of the molecule is CC(Sc1nnnn1C1CC1)C(=O)Nc1ccc(Cl)cn1. The maximum Gasteiger partial charge on any atom is 0.238 e. The molecule has 1 aliphatic carbocycles. The Kier molecular flexibility index (Phi) is 4.07. The van der Waals surface area contributed by atoms with E-state index in [-0.39, 0.29) is 11.2 Å². The first-order valence-electron chi connectivity index (χ1n) is 6.50. The monoisotopic (exact) mass is 324 g/mol. The standard InChI is InChI=1S/C12H13ClN6OS/c1-7(11(20)15-10-5-2-8(13)6-14-10)21-12-16-17-18-19(12)9-3-4-9/h2,5-7,9H,3-4H2,1H3,(H,14,15,20). The molecule has 3 rings (SSSR count). The van der Waals surface area contributed by atoms with E-state index in [0.29, 0.717) is 22.0 Å². The molecular weight excluding hydrogens is 312 g/mol. The molecule has 0 radical (unpaired) electrons. The van der Waals surface area contributed by atoms with Crippen LogP contribution in [-0.4, -0.2) is 36.3 Å². The third-order valence-electron chi connectivity index (χ3n) is 2.99. The van der Waals surface area contributed by atoms with Crippen molar-refractivity contribution in [2.24, 2.45) is 0 Å². The van der Waals surface area contributed by atoms with Gasteiger partial charge in [-0.1, -0.05) is 23.4 Å². The number of anilines is 1. The fourth-order valence-electron chi connectivity index (χ4n) is 1.70. The predicted molar refractivity (Wildman–Crippen MR) is 79.3 cm³/mol. The zero-order valence-corrected chi connectivity index (χ0v) is 12.8. The molecule has 1 N–H and O–H groups in total. The lowest BCUT2D eigenvalue weighted by atomic mass is 10.4. The summed E-state index contributed by atoms with van der Waals surface area (Å²) in [5, 5.41) is 15.2. The minimum Gasteiger partial charge on any atom is -0.310 e. The van der Waals surface area contributed by atoms with Crippen LogP contribution in [0.25, 0.3) is 0 Å². The van der Waals surface area contributed by atoms with Gasteiger partial charge in [0, 0.05) is 6.20 Å². The first kappa shape index (κ1) is 14.3. The molecule has 0 spiro atoms. The summed E-state index contributed by atoms with van der Waals surface area (Å²) in [7, 11) is 0. The smallest absolute Gasteiger partial charge is 0.238 e. The van der Waals surface area contributed by atoms with E-state index in [2.05, 4.69) is 25.8 Å². The Bertz CT molecular complexity index is 641. The number of aromatic nitrogens is 5. The van der Waals surface area contributed by atoms with Crippen molar-refractivity contribution in [3.63, 3.8) is 0 Å². The second kappa shape index (κ2) is 5.98. The van der Waals surface area contributed by atoms with Crippen molar-refractivity contribution in [3.8, 4) is 0 Å². The molecule has 1 aliphatic rings. The Morgan fingerprint density at radius 3 is 3.00 bits per heavy atom. The Morgan fingerprint density at radius 2 is 2.33 bits per heavy atom. The lowest BCUT2D eigenvalue weighted by Crippen LogP contribution is -2.23. The molecule has 2 heterocycles. The molecule has 0 aromatic carbocycles. The Hall–Kier alpha value is -1.67. The van der Waals surface area contributed by atoms with Crippen LogP contribution in [-0.2, 0) is 4.79 Å². The number of thioether (sulfide) groups is 1. The van der Waals surface area contributed by atoms with Crippen molar-refractivity contribution in [1.29, 1.82) is 0 Å². The average molecular weight is 325 g/mol. The number of nitrogens with zero attached hydrogens (tertiary/aromatic N) is 5. The van der Waals surface area contributed by atoms with Gasteiger partial charge in [-0.2, -0.15) is 0 Å². The number of tetrazole rings is 1. The quantitative estimate of drug-likeness (QED) is 0.848. The van der Waals surface area contributed by atoms with Gasteiger partial charge in [-0.3, -0.25) is 4.79 Å². The van der Waals surface area contributed by atoms with E-state index in [1.165, 1.54) is 18.0 Å². The van der Waals surface area contributed by atoms with Crippen molar-refractivity contribution in [3.05, 3.63) is 23.4 Å². The summed E-state index contributed by atoms with van der Waals surface area (Å²) >= 11 is 7.09. The number of hydrogen-bond acceptors (Lipinski definition) is 6. The molecule has 1 fully saturated rings. The van der Waals surface area contributed by atoms with Crippen LogP contribution in [0.5, 0.6) is 0 Å². The highest BCUT2D eigenvalue weighted by Gasteiger charge is 2.29. The summed E-state index contributed by atoms with van der Waals surface area (Å²) in [4.78, 5) is 16.2. The van der Waals surface area contributed by atoms with Gasteiger partial charge in [0.25, 0.3) is 0 Å². The number of carbonyl (C=O) groups is 1. The molecule has 21 heavy (non-hydrogen) atoms. The van der Waals surface area contributed by atoms with Crippen LogP contribution in [0.15, 0.2) is 23.5 Å². The summed E-state index contributed by atoms with van der Waals surface area (Å²) in [5.74, 6) is 0.318. The second-order valence-corrected chi connectivity index (χ2v) is 6.49. The molecule has 0 bridgehead atoms. The Balaban J connectivity index is 1.61. The van der Waals surface area contributed by atoms with Crippen LogP contribution in [0, 0.1) is 0 Å². The molecule has 9 heteroatoms. The van der Waals surface area contributed by atoms with Crippen molar-refractivity contribution in [1.82, 2.24) is 25.2 Å². The topological polar surface area (TPSA) is 85.6 Å². The molecule has 1 unspecified atom stereocenters. The summed E-state index contributed by atoms with van der Waals surface area (Å²) in [6.45, 7) is 1.81. The third-order valence-corrected chi connectivity index (χ3v) is 4.26. The minimum atomic E-state index is -0.328. The highest BCUT2D eigenvalue weighted by molar-refractivity contribution is 8.00. The normalized spacial score (nSPS) is 15.7. The van der Waals surface area contributed by atoms with Crippen LogP contribution in [0.4, 0.5) is 5.82 Å². The molecular formula is C12H13ClN6OS. The Labute approximate surface area is 130 Å². The van der Waals surface area contributed by atoms with Gasteiger partial charge in [-0.15, -0.1) is 5.10 Å². The van der Waals surface area contributed by atoms with Gasteiger partial charge < -0.3 is 5.32 Å². The summed E-state index contributed by atoms with van der Waals surface area (Å²) < 4.78 is 1.79. The highest BCUT2D eigenvalue weighted by Crippen LogP contribution is 2.37. The molecule has 0 saturated heterocycles. The minimum absolute atomic E-state index is 0.153. The van der Waals surface area contributed by atoms with Crippen molar-refractivity contribution in [2.45, 2.75) is 36.2 Å². The van der Waals surface area contributed by atoms with Crippen LogP contribution < -0.4 is 5.32 Å². The van der Waals surface area contributed by atoms with Crippen LogP contribution in [0.2, 0.25) is 5.02 Å². The fraction of sp³-hybridized carbons (Fsp3) is 0.417. The van der Waals surface area contributed by atoms with Gasteiger partial charge in [-0.05, 0) is 42.3 Å². The van der Waals surface area contributed by atoms with Gasteiger partial charge >= 0.3 is 0 Å². The fourth-order valence-corrected chi connectivity index (χ4v) is 2.67. The van der Waals surface area contributed by atoms with E-state index in [0.717, 1.165) is 12.8 Å². The molecule has 0 aliphatic heterocycles. The predicted octanol–water partition coefficient (Wildman–Crippen LogP) is 2.18. The molecule has 1 amide bonds. The highest BCUT2D eigenvalue weighted by atomic mass is 35.5. The Morgan fingerprint density at radius 1 is 1.52 bits per heavy atom. The zero-order valence-electron chi connectivity index (χ0n) is 11.2. The molecule has 1 atom stereocenters. The van der Waals surface area contributed by atoms with E-state index in [1.807, 2.05) is 6.92 Å². The second-order valence-electron chi connectivity index (χ2n) is 4.75. The van der Waals surface area contributed by atoms with Gasteiger partial charge in [0.15, 0.2) is 0 Å². The first-order valence-corrected chi connectivity index (χ1v) is 7.76. The summed E-state index contributed by atoms with van der Waals surface area (Å²) in [5.41, 5.74) is 0. The van der Waals surface area contributed by atoms with Crippen molar-refractivity contribution in [2.75, 3.05) is 5.32 Å². The lowest BCUT2D eigenvalue weighted by molar-refractivity contribution is -0.115. The number of amides is 1. The van der Waals surface area contributed by atoms with Crippen molar-refractivity contribution >= 4 is 35.1 Å². The van der Waals surface area contributed by atoms with Crippen LogP contribution >= 0.6 is 23.4 Å². The van der Waals surface area contributed by atoms with Crippen LogP contribution in [0.3, 0.4) is 0 Å². The summed E-state index contributed by atoms with van der Waals surface area (Å²) in [6, 6.07) is 3.72. The molecule has 1 saturated carbocycles. The number of carbonyl (C=O) groups excluding carboxylic acids is 1. The van der Waals surface area contributed by atoms with E-state index < -0.39 is 0 Å². The molecule has 110 valence electrons. The number of rotatable bonds is 5. The lowest BCUT2D eigenvalue weighted by Gasteiger charge is -2.10. The maximum atomic E-state index is 12.1. The average Bonchev–Trinajstić information content (AvgIpc) is 3.21. The maximum absolute atomic E-state index is 12.1. The third kappa shape index (κ3) is 3.51. The van der Waals surface area contributed by atoms with E-state index in [1.54, 1.807) is 16.8 Å². The number of nitrogens with one attached hydrogen (secondary N) is 1. The number of hydrogen-bond donors (Lipinski definition) is 1. The van der Waals surface area contributed by atoms with E-state index in [9.17, 15) is 4.79 Å². The van der Waals surface area contributed by atoms with Gasteiger partial charge in [-0.25, -0.2) is 9.67 Å². The molecule has 7 nitrogen and oxygen atoms in total. The van der Waals surface area contributed by atoms with Gasteiger partial charge in [0.1, 0.15) is 5.82 Å². The molecule has 2 aromatic rings. The zero-order chi connectivity index (χ0) is 14.8. The van der Waals surface area contributed by atoms with Gasteiger partial charge in [0.2, 0.25) is 11.1 Å².